The number of nitrogens with one attached hydrogen (secondary N) is 2. The van der Waals surface area contributed by atoms with Crippen molar-refractivity contribution in [2.24, 2.45) is 0 Å². The minimum Gasteiger partial charge on any atom is -0.354 e. The number of carbonyl (C=O) groups excluding carboxylic acids is 2. The Morgan fingerprint density at radius 2 is 2.17 bits per heavy atom. The largest absolute Gasteiger partial charge is 0.354 e. The van der Waals surface area contributed by atoms with E-state index in [9.17, 15) is 18.4 Å². The second-order valence-electron chi connectivity index (χ2n) is 4.14. The van der Waals surface area contributed by atoms with Crippen LogP contribution in [0, 0.1) is 11.6 Å². The Hall–Kier alpha value is -1.98. The third-order valence-corrected chi connectivity index (χ3v) is 2.77. The van der Waals surface area contributed by atoms with Gasteiger partial charge in [-0.25, -0.2) is 8.78 Å². The van der Waals surface area contributed by atoms with Crippen molar-refractivity contribution < 1.29 is 18.4 Å². The summed E-state index contributed by atoms with van der Waals surface area (Å²) in [4.78, 5) is 22.7. The molecule has 0 bridgehead atoms. The zero-order valence-corrected chi connectivity index (χ0v) is 9.50. The predicted molar refractivity (Wildman–Crippen MR) is 59.9 cm³/mol. The van der Waals surface area contributed by atoms with Crippen molar-refractivity contribution in [2.45, 2.75) is 18.9 Å². The van der Waals surface area contributed by atoms with E-state index in [-0.39, 0.29) is 17.5 Å². The number of carbonyl (C=O) groups is 2. The van der Waals surface area contributed by atoms with Crippen LogP contribution in [0.4, 0.5) is 8.78 Å². The zero-order chi connectivity index (χ0) is 13.1. The lowest BCUT2D eigenvalue weighted by molar-refractivity contribution is -0.122. The number of halogens is 2. The van der Waals surface area contributed by atoms with Crippen LogP contribution in [-0.2, 0) is 4.79 Å². The Balaban J connectivity index is 2.03. The van der Waals surface area contributed by atoms with Crippen molar-refractivity contribution in [3.05, 3.63) is 35.4 Å². The van der Waals surface area contributed by atoms with E-state index in [1.807, 2.05) is 0 Å². The highest BCUT2D eigenvalue weighted by Gasteiger charge is 2.21. The van der Waals surface area contributed by atoms with E-state index in [1.165, 1.54) is 0 Å². The van der Waals surface area contributed by atoms with Crippen LogP contribution < -0.4 is 10.6 Å². The van der Waals surface area contributed by atoms with Crippen LogP contribution in [0.2, 0.25) is 0 Å². The molecular formula is C12H12F2N2O2. The maximum atomic E-state index is 13.3. The Morgan fingerprint density at radius 1 is 1.39 bits per heavy atom. The third kappa shape index (κ3) is 2.82. The highest BCUT2D eigenvalue weighted by atomic mass is 19.1. The molecule has 1 atom stereocenters. The van der Waals surface area contributed by atoms with E-state index in [2.05, 4.69) is 10.6 Å². The Kier molecular flexibility index (Phi) is 3.55. The summed E-state index contributed by atoms with van der Waals surface area (Å²) in [6, 6.07) is 2.46. The molecule has 1 aliphatic rings. The van der Waals surface area contributed by atoms with Crippen molar-refractivity contribution in [1.82, 2.24) is 10.6 Å². The highest BCUT2D eigenvalue weighted by Crippen LogP contribution is 2.11. The molecule has 1 unspecified atom stereocenters. The minimum absolute atomic E-state index is 0.0718. The monoisotopic (exact) mass is 254 g/mol. The maximum Gasteiger partial charge on any atom is 0.254 e. The summed E-state index contributed by atoms with van der Waals surface area (Å²) in [5.74, 6) is -2.18. The Bertz CT molecular complexity index is 481. The number of rotatable bonds is 2. The summed E-state index contributed by atoms with van der Waals surface area (Å²) >= 11 is 0. The quantitative estimate of drug-likeness (QED) is 0.826. The lowest BCUT2D eigenvalue weighted by atomic mass is 10.1. The first-order chi connectivity index (χ1) is 8.56. The number of hydrogen-bond acceptors (Lipinski definition) is 2. The highest BCUT2D eigenvalue weighted by molar-refractivity contribution is 5.94. The molecule has 2 N–H and O–H groups in total. The Morgan fingerprint density at radius 3 is 2.83 bits per heavy atom. The molecule has 1 fully saturated rings. The van der Waals surface area contributed by atoms with Gasteiger partial charge in [-0.05, 0) is 24.6 Å². The van der Waals surface area contributed by atoms with Gasteiger partial charge in [-0.3, -0.25) is 9.59 Å². The first-order valence-electron chi connectivity index (χ1n) is 5.59. The smallest absolute Gasteiger partial charge is 0.254 e. The van der Waals surface area contributed by atoms with Crippen LogP contribution in [-0.4, -0.2) is 24.4 Å². The molecule has 1 aromatic rings. The van der Waals surface area contributed by atoms with Gasteiger partial charge in [0.25, 0.3) is 5.91 Å². The number of amides is 2. The summed E-state index contributed by atoms with van der Waals surface area (Å²) in [5, 5.41) is 5.16. The molecule has 0 radical (unpaired) electrons. The third-order valence-electron chi connectivity index (χ3n) is 2.77. The topological polar surface area (TPSA) is 58.2 Å². The summed E-state index contributed by atoms with van der Waals surface area (Å²) in [6.45, 7) is 0.307. The van der Waals surface area contributed by atoms with Gasteiger partial charge in [0.15, 0.2) is 0 Å². The average molecular weight is 254 g/mol. The van der Waals surface area contributed by atoms with E-state index in [0.717, 1.165) is 18.2 Å². The van der Waals surface area contributed by atoms with E-state index in [1.54, 1.807) is 0 Å². The fourth-order valence-corrected chi connectivity index (χ4v) is 1.79. The molecule has 0 aromatic heterocycles. The second kappa shape index (κ2) is 5.12. The van der Waals surface area contributed by atoms with Crippen LogP contribution in [0.25, 0.3) is 0 Å². The molecule has 0 spiro atoms. The van der Waals surface area contributed by atoms with Gasteiger partial charge in [-0.15, -0.1) is 0 Å². The molecule has 0 aliphatic carbocycles. The molecule has 2 amide bonds. The molecule has 1 saturated heterocycles. The van der Waals surface area contributed by atoms with Crippen LogP contribution >= 0.6 is 0 Å². The van der Waals surface area contributed by atoms with E-state index < -0.39 is 17.5 Å². The first kappa shape index (κ1) is 12.5. The van der Waals surface area contributed by atoms with Gasteiger partial charge in [-0.2, -0.15) is 0 Å². The van der Waals surface area contributed by atoms with Gasteiger partial charge in [0.05, 0.1) is 5.56 Å². The number of piperidine rings is 1. The molecular weight excluding hydrogens is 242 g/mol. The SMILES string of the molecule is O=C1CCC(NC(=O)c2cc(F)ccc2F)CN1. The summed E-state index contributed by atoms with van der Waals surface area (Å²) in [5.41, 5.74) is -0.327. The summed E-state index contributed by atoms with van der Waals surface area (Å²) < 4.78 is 26.3. The maximum absolute atomic E-state index is 13.3. The van der Waals surface area contributed by atoms with Crippen LogP contribution in [0.15, 0.2) is 18.2 Å². The standard InChI is InChI=1S/C12H12F2N2O2/c13-7-1-3-10(14)9(5-7)12(18)16-8-2-4-11(17)15-6-8/h1,3,5,8H,2,4,6H2,(H,15,17)(H,16,18). The van der Waals surface area contributed by atoms with Gasteiger partial charge in [0, 0.05) is 19.0 Å². The van der Waals surface area contributed by atoms with Crippen molar-refractivity contribution in [1.29, 1.82) is 0 Å². The molecule has 18 heavy (non-hydrogen) atoms. The van der Waals surface area contributed by atoms with Gasteiger partial charge in [-0.1, -0.05) is 0 Å². The van der Waals surface area contributed by atoms with Gasteiger partial charge in [0.1, 0.15) is 11.6 Å². The van der Waals surface area contributed by atoms with E-state index in [4.69, 9.17) is 0 Å². The number of hydrogen-bond donors (Lipinski definition) is 2. The molecule has 1 heterocycles. The first-order valence-corrected chi connectivity index (χ1v) is 5.59. The summed E-state index contributed by atoms with van der Waals surface area (Å²) in [7, 11) is 0. The molecule has 1 aliphatic heterocycles. The van der Waals surface area contributed by atoms with Crippen molar-refractivity contribution >= 4 is 11.8 Å². The van der Waals surface area contributed by atoms with E-state index in [0.29, 0.717) is 19.4 Å². The Labute approximate surface area is 102 Å². The van der Waals surface area contributed by atoms with Crippen LogP contribution in [0.1, 0.15) is 23.2 Å². The van der Waals surface area contributed by atoms with Crippen LogP contribution in [0.5, 0.6) is 0 Å². The molecule has 96 valence electrons. The van der Waals surface area contributed by atoms with Gasteiger partial charge >= 0.3 is 0 Å². The van der Waals surface area contributed by atoms with Gasteiger partial charge < -0.3 is 10.6 Å². The average Bonchev–Trinajstić information content (AvgIpc) is 2.35. The molecule has 6 heteroatoms. The fourth-order valence-electron chi connectivity index (χ4n) is 1.79. The predicted octanol–water partition coefficient (Wildman–Crippen LogP) is 0.973. The number of benzene rings is 1. The molecule has 2 rings (SSSR count). The molecule has 4 nitrogen and oxygen atoms in total. The van der Waals surface area contributed by atoms with Crippen molar-refractivity contribution in [3.8, 4) is 0 Å². The zero-order valence-electron chi connectivity index (χ0n) is 9.50. The van der Waals surface area contributed by atoms with E-state index >= 15 is 0 Å². The lowest BCUT2D eigenvalue weighted by Gasteiger charge is -2.23. The lowest BCUT2D eigenvalue weighted by Crippen LogP contribution is -2.47. The minimum atomic E-state index is -0.770. The van der Waals surface area contributed by atoms with Crippen LogP contribution in [0.3, 0.4) is 0 Å². The normalized spacial score (nSPS) is 19.2. The van der Waals surface area contributed by atoms with Crippen molar-refractivity contribution in [3.63, 3.8) is 0 Å². The fraction of sp³-hybridized carbons (Fsp3) is 0.333. The second-order valence-corrected chi connectivity index (χ2v) is 4.14. The molecule has 0 saturated carbocycles. The van der Waals surface area contributed by atoms with Crippen molar-refractivity contribution in [2.75, 3.05) is 6.54 Å². The summed E-state index contributed by atoms with van der Waals surface area (Å²) in [6.07, 6.45) is 0.811. The van der Waals surface area contributed by atoms with Gasteiger partial charge in [0.2, 0.25) is 5.91 Å². The molecule has 1 aromatic carbocycles.